The van der Waals surface area contributed by atoms with Crippen LogP contribution >= 0.6 is 11.8 Å². The van der Waals surface area contributed by atoms with Crippen molar-refractivity contribution in [1.29, 1.82) is 0 Å². The molecule has 9 nitrogen and oxygen atoms in total. The molecule has 0 saturated carbocycles. The zero-order valence-electron chi connectivity index (χ0n) is 22.0. The van der Waals surface area contributed by atoms with Crippen LogP contribution in [0.2, 0.25) is 0 Å². The third-order valence-electron chi connectivity index (χ3n) is 6.45. The van der Waals surface area contributed by atoms with Crippen molar-refractivity contribution in [1.82, 2.24) is 10.2 Å². The van der Waals surface area contributed by atoms with E-state index in [2.05, 4.69) is 18.5 Å². The predicted molar refractivity (Wildman–Crippen MR) is 145 cm³/mol. The number of aromatic nitrogens is 1. The van der Waals surface area contributed by atoms with Crippen LogP contribution in [0.5, 0.6) is 0 Å². The van der Waals surface area contributed by atoms with E-state index in [9.17, 15) is 19.5 Å². The molecule has 0 bridgehead atoms. The number of amides is 2. The highest BCUT2D eigenvalue weighted by atomic mass is 32.2. The summed E-state index contributed by atoms with van der Waals surface area (Å²) >= 11 is 1.43. The lowest BCUT2D eigenvalue weighted by atomic mass is 9.79. The minimum Gasteiger partial charge on any atom is -0.457 e. The van der Waals surface area contributed by atoms with E-state index in [1.165, 1.54) is 28.8 Å². The number of thioether (sulfide) groups is 1. The smallest absolute Gasteiger partial charge is 0.407 e. The van der Waals surface area contributed by atoms with Gasteiger partial charge >= 0.3 is 12.1 Å². The summed E-state index contributed by atoms with van der Waals surface area (Å²) in [7, 11) is 1.95. The van der Waals surface area contributed by atoms with Crippen LogP contribution in [-0.4, -0.2) is 65.1 Å². The molecule has 0 radical (unpaired) electrons. The van der Waals surface area contributed by atoms with Gasteiger partial charge in [-0.2, -0.15) is 0 Å². The summed E-state index contributed by atoms with van der Waals surface area (Å²) in [4.78, 5) is 40.2. The third-order valence-corrected chi connectivity index (χ3v) is 7.96. The molecular weight excluding hydrogens is 506 g/mol. The van der Waals surface area contributed by atoms with E-state index in [0.29, 0.717) is 11.3 Å². The first kappa shape index (κ1) is 29.2. The average Bonchev–Trinajstić information content (AvgIpc) is 3.12. The molecule has 38 heavy (non-hydrogen) atoms. The first-order chi connectivity index (χ1) is 18.2. The van der Waals surface area contributed by atoms with Crippen LogP contribution in [0.15, 0.2) is 66.5 Å². The number of fused-ring (bicyclic) bond motifs is 1. The van der Waals surface area contributed by atoms with Crippen molar-refractivity contribution < 1.29 is 33.5 Å². The molecule has 0 aromatic carbocycles. The third kappa shape index (κ3) is 6.73. The second-order valence-electron chi connectivity index (χ2n) is 9.30. The Balaban J connectivity index is 1.86. The van der Waals surface area contributed by atoms with Crippen LogP contribution < -0.4 is 9.88 Å². The van der Waals surface area contributed by atoms with E-state index >= 15 is 0 Å². The van der Waals surface area contributed by atoms with Gasteiger partial charge in [0.1, 0.15) is 26.0 Å². The molecule has 10 heteroatoms. The molecule has 1 aromatic rings. The van der Waals surface area contributed by atoms with Crippen molar-refractivity contribution in [3.63, 3.8) is 0 Å². The number of β-lactam (4-membered cyclic amide) rings is 1. The van der Waals surface area contributed by atoms with Crippen LogP contribution in [-0.2, 0) is 26.1 Å². The summed E-state index contributed by atoms with van der Waals surface area (Å²) in [5, 5.41) is 12.8. The maximum Gasteiger partial charge on any atom is 0.407 e. The number of allylic oxidation sites excluding steroid dienone is 1. The summed E-state index contributed by atoms with van der Waals surface area (Å²) in [5.74, 6) is -1.69. The highest BCUT2D eigenvalue weighted by molar-refractivity contribution is 8.03. The SMILES string of the molecule is C=CCOC(=O)NCC(C/C=C/c1cc[n+](C)cc1)SC1=C(C(=O)OCC=C)N2C(=O)[C@H]([C@@H](C)O)[C@H]2[C@H]1C. The Bertz CT molecular complexity index is 1110. The lowest BCUT2D eigenvalue weighted by Gasteiger charge is -2.46. The fourth-order valence-corrected chi connectivity index (χ4v) is 5.97. The van der Waals surface area contributed by atoms with Gasteiger partial charge < -0.3 is 24.8 Å². The predicted octanol–water partition coefficient (Wildman–Crippen LogP) is 2.73. The highest BCUT2D eigenvalue weighted by Gasteiger charge is 2.60. The van der Waals surface area contributed by atoms with Gasteiger partial charge in [-0.25, -0.2) is 14.2 Å². The number of alkyl carbamates (subject to hydrolysis) is 1. The van der Waals surface area contributed by atoms with Crippen LogP contribution in [0.25, 0.3) is 6.08 Å². The molecule has 3 rings (SSSR count). The molecule has 2 aliphatic rings. The number of carbonyl (C=O) groups is 3. The zero-order chi connectivity index (χ0) is 27.8. The summed E-state index contributed by atoms with van der Waals surface area (Å²) < 4.78 is 12.3. The van der Waals surface area contributed by atoms with Gasteiger partial charge in [0.15, 0.2) is 12.4 Å². The molecule has 204 valence electrons. The van der Waals surface area contributed by atoms with E-state index in [4.69, 9.17) is 9.47 Å². The fraction of sp³-hybridized carbons (Fsp3) is 0.429. The zero-order valence-corrected chi connectivity index (χ0v) is 22.9. The first-order valence-corrected chi connectivity index (χ1v) is 13.4. The van der Waals surface area contributed by atoms with Crippen molar-refractivity contribution in [2.75, 3.05) is 19.8 Å². The first-order valence-electron chi connectivity index (χ1n) is 12.5. The van der Waals surface area contributed by atoms with E-state index in [1.807, 2.05) is 55.2 Å². The summed E-state index contributed by atoms with van der Waals surface area (Å²) in [6.45, 7) is 11.0. The molecule has 2 N–H and O–H groups in total. The summed E-state index contributed by atoms with van der Waals surface area (Å²) in [5.41, 5.74) is 1.23. The number of hydrogen-bond donors (Lipinski definition) is 2. The van der Waals surface area contributed by atoms with Gasteiger partial charge in [-0.3, -0.25) is 4.79 Å². The van der Waals surface area contributed by atoms with Gasteiger partial charge in [-0.15, -0.1) is 11.8 Å². The van der Waals surface area contributed by atoms with Gasteiger partial charge in [0.25, 0.3) is 0 Å². The van der Waals surface area contributed by atoms with Gasteiger partial charge in [-0.05, 0) is 18.9 Å². The molecular formula is C28H36N3O6S+. The molecule has 2 aliphatic heterocycles. The number of aryl methyl sites for hydroxylation is 1. The Morgan fingerprint density at radius 3 is 2.53 bits per heavy atom. The Morgan fingerprint density at radius 1 is 1.24 bits per heavy atom. The molecule has 5 atom stereocenters. The van der Waals surface area contributed by atoms with E-state index < -0.39 is 24.1 Å². The van der Waals surface area contributed by atoms with Gasteiger partial charge in [-0.1, -0.05) is 44.4 Å². The molecule has 2 amide bonds. The van der Waals surface area contributed by atoms with Crippen molar-refractivity contribution in [3.05, 3.63) is 72.1 Å². The molecule has 1 fully saturated rings. The van der Waals surface area contributed by atoms with E-state index in [1.54, 1.807) is 6.92 Å². The number of aliphatic hydroxyl groups excluding tert-OH is 1. The minimum absolute atomic E-state index is 0.0128. The van der Waals surface area contributed by atoms with Crippen LogP contribution in [0.4, 0.5) is 4.79 Å². The number of ether oxygens (including phenoxy) is 2. The van der Waals surface area contributed by atoms with Gasteiger partial charge in [0.2, 0.25) is 5.91 Å². The maximum absolute atomic E-state index is 13.1. The molecule has 3 heterocycles. The van der Waals surface area contributed by atoms with Crippen molar-refractivity contribution in [2.45, 2.75) is 37.7 Å². The normalized spacial score (nSPS) is 21.9. The van der Waals surface area contributed by atoms with Crippen LogP contribution in [0.3, 0.4) is 0 Å². The van der Waals surface area contributed by atoms with Crippen molar-refractivity contribution in [2.24, 2.45) is 18.9 Å². The molecule has 0 spiro atoms. The monoisotopic (exact) mass is 542 g/mol. The highest BCUT2D eigenvalue weighted by Crippen LogP contribution is 2.51. The van der Waals surface area contributed by atoms with Crippen molar-refractivity contribution in [3.8, 4) is 0 Å². The number of rotatable bonds is 13. The second-order valence-corrected chi connectivity index (χ2v) is 10.6. The molecule has 1 saturated heterocycles. The lowest BCUT2D eigenvalue weighted by Crippen LogP contribution is -2.63. The Kier molecular flexibility index (Phi) is 10.3. The number of nitrogens with one attached hydrogen (secondary N) is 1. The number of hydrogen-bond acceptors (Lipinski definition) is 7. The fourth-order valence-electron chi connectivity index (χ4n) is 4.59. The van der Waals surface area contributed by atoms with Crippen LogP contribution in [0, 0.1) is 11.8 Å². The number of pyridine rings is 1. The number of nitrogens with zero attached hydrogens (tertiary/aromatic N) is 2. The quantitative estimate of drug-likeness (QED) is 0.171. The number of esters is 1. The summed E-state index contributed by atoms with van der Waals surface area (Å²) in [6, 6.07) is 3.65. The van der Waals surface area contributed by atoms with Gasteiger partial charge in [0.05, 0.1) is 18.1 Å². The Morgan fingerprint density at radius 2 is 1.89 bits per heavy atom. The largest absolute Gasteiger partial charge is 0.457 e. The van der Waals surface area contributed by atoms with E-state index in [-0.39, 0.29) is 48.6 Å². The number of aliphatic hydroxyl groups is 1. The average molecular weight is 543 g/mol. The minimum atomic E-state index is -0.839. The van der Waals surface area contributed by atoms with Crippen LogP contribution in [0.1, 0.15) is 25.8 Å². The standard InChI is InChI=1S/C28H35N3O6S/c1-6-15-36-27(34)24-25(18(3)23-22(19(4)32)26(33)31(23)24)38-21(17-29-28(35)37-16-7-2)10-8-9-20-11-13-30(5)14-12-20/h6-9,11-14,18-19,21-23,32H,1-2,10,15-17H2,3-5H3/p+1/b9-8+/t18-,19-,21?,22-,23-/m1/s1. The van der Waals surface area contributed by atoms with E-state index in [0.717, 1.165) is 5.56 Å². The Labute approximate surface area is 227 Å². The molecule has 1 unspecified atom stereocenters. The lowest BCUT2D eigenvalue weighted by molar-refractivity contribution is -0.671. The Hall–Kier alpha value is -3.37. The molecule has 1 aromatic heterocycles. The topological polar surface area (TPSA) is 109 Å². The molecule has 0 aliphatic carbocycles. The summed E-state index contributed by atoms with van der Waals surface area (Å²) in [6.07, 6.45) is 10.0. The van der Waals surface area contributed by atoms with Crippen molar-refractivity contribution >= 4 is 35.8 Å². The maximum atomic E-state index is 13.1. The number of carbonyl (C=O) groups excluding carboxylic acids is 3. The van der Waals surface area contributed by atoms with Gasteiger partial charge in [0, 0.05) is 34.8 Å². The second kappa shape index (κ2) is 13.4.